The van der Waals surface area contributed by atoms with Gasteiger partial charge in [0.05, 0.1) is 10.0 Å². The number of benzene rings is 2. The molecule has 22 heavy (non-hydrogen) atoms. The highest BCUT2D eigenvalue weighted by Crippen LogP contribution is 2.32. The minimum atomic E-state index is -4.35. The number of rotatable bonds is 4. The average molecular weight is 382 g/mol. The summed E-state index contributed by atoms with van der Waals surface area (Å²) < 4.78 is 52.2. The molecule has 0 unspecified atom stereocenters. The molecule has 0 aliphatic carbocycles. The van der Waals surface area contributed by atoms with Crippen LogP contribution in [0.5, 0.6) is 5.75 Å². The number of sulfonamides is 1. The van der Waals surface area contributed by atoms with Crippen molar-refractivity contribution in [3.05, 3.63) is 52.5 Å². The monoisotopic (exact) mass is 381 g/mol. The third-order valence-corrected chi connectivity index (χ3v) is 5.60. The van der Waals surface area contributed by atoms with Crippen LogP contribution in [0.1, 0.15) is 0 Å². The molecule has 0 aliphatic heterocycles. The van der Waals surface area contributed by atoms with Crippen molar-refractivity contribution in [2.24, 2.45) is 5.14 Å². The first kappa shape index (κ1) is 17.0. The molecule has 6 nitrogen and oxygen atoms in total. The van der Waals surface area contributed by atoms with Gasteiger partial charge in [-0.1, -0.05) is 41.4 Å². The Morgan fingerprint density at radius 1 is 0.864 bits per heavy atom. The summed E-state index contributed by atoms with van der Waals surface area (Å²) >= 11 is 11.5. The van der Waals surface area contributed by atoms with E-state index in [9.17, 15) is 16.8 Å². The lowest BCUT2D eigenvalue weighted by Gasteiger charge is -2.10. The van der Waals surface area contributed by atoms with Crippen LogP contribution in [-0.4, -0.2) is 16.8 Å². The van der Waals surface area contributed by atoms with E-state index in [0.29, 0.717) is 0 Å². The Hall–Kier alpha value is -1.32. The van der Waals surface area contributed by atoms with Crippen LogP contribution in [0, 0.1) is 0 Å². The zero-order valence-corrected chi connectivity index (χ0v) is 13.9. The Bertz CT molecular complexity index is 912. The molecule has 0 amide bonds. The van der Waals surface area contributed by atoms with Gasteiger partial charge in [-0.25, -0.2) is 13.6 Å². The predicted molar refractivity (Wildman–Crippen MR) is 82.1 cm³/mol. The summed E-state index contributed by atoms with van der Waals surface area (Å²) in [6.45, 7) is 0. The minimum Gasteiger partial charge on any atom is -0.379 e. The molecule has 2 aromatic rings. The minimum absolute atomic E-state index is 0.0469. The van der Waals surface area contributed by atoms with Gasteiger partial charge >= 0.3 is 10.1 Å². The molecule has 0 saturated carbocycles. The maximum Gasteiger partial charge on any atom is 0.340 e. The van der Waals surface area contributed by atoms with E-state index in [1.807, 2.05) is 0 Å². The molecule has 0 bridgehead atoms. The van der Waals surface area contributed by atoms with E-state index in [1.54, 1.807) is 18.2 Å². The Morgan fingerprint density at radius 3 is 1.95 bits per heavy atom. The molecule has 118 valence electrons. The standard InChI is InChI=1S/C12H9Cl2NO5S2/c13-9-6-10(14)12(7-11(9)21(15,16)17)22(18,19)20-8-4-2-1-3-5-8/h1-7H,(H2,15,16,17). The second-order valence-corrected chi connectivity index (χ2v) is 7.97. The molecule has 0 radical (unpaired) electrons. The van der Waals surface area contributed by atoms with E-state index < -0.39 is 29.9 Å². The van der Waals surface area contributed by atoms with Crippen LogP contribution in [0.3, 0.4) is 0 Å². The van der Waals surface area contributed by atoms with Gasteiger partial charge in [0.1, 0.15) is 15.5 Å². The summed E-state index contributed by atoms with van der Waals surface area (Å²) in [6, 6.07) is 9.40. The lowest BCUT2D eigenvalue weighted by atomic mass is 10.3. The van der Waals surface area contributed by atoms with Crippen molar-refractivity contribution in [2.45, 2.75) is 9.79 Å². The first-order chi connectivity index (χ1) is 10.1. The second-order valence-electron chi connectivity index (χ2n) is 4.11. The van der Waals surface area contributed by atoms with Gasteiger partial charge in [-0.05, 0) is 24.3 Å². The lowest BCUT2D eigenvalue weighted by molar-refractivity contribution is 0.486. The molecule has 0 aromatic heterocycles. The Labute approximate surface area is 137 Å². The van der Waals surface area contributed by atoms with E-state index >= 15 is 0 Å². The smallest absolute Gasteiger partial charge is 0.340 e. The van der Waals surface area contributed by atoms with Crippen LogP contribution in [0.4, 0.5) is 0 Å². The number of hydrogen-bond donors (Lipinski definition) is 1. The summed E-state index contributed by atoms with van der Waals surface area (Å²) in [5.74, 6) is 0.0469. The highest BCUT2D eigenvalue weighted by Gasteiger charge is 2.25. The molecule has 0 fully saturated rings. The first-order valence-electron chi connectivity index (χ1n) is 5.62. The number of halogens is 2. The van der Waals surface area contributed by atoms with E-state index in [4.69, 9.17) is 32.5 Å². The van der Waals surface area contributed by atoms with E-state index in [-0.39, 0.29) is 15.8 Å². The Balaban J connectivity index is 2.56. The second kappa shape index (κ2) is 6.05. The van der Waals surface area contributed by atoms with Crippen LogP contribution < -0.4 is 9.32 Å². The SMILES string of the molecule is NS(=O)(=O)c1cc(S(=O)(=O)Oc2ccccc2)c(Cl)cc1Cl. The van der Waals surface area contributed by atoms with Crippen molar-refractivity contribution < 1.29 is 21.0 Å². The maximum atomic E-state index is 12.2. The number of hydrogen-bond acceptors (Lipinski definition) is 5. The largest absolute Gasteiger partial charge is 0.379 e. The molecule has 0 saturated heterocycles. The molecule has 2 N–H and O–H groups in total. The van der Waals surface area contributed by atoms with Crippen LogP contribution in [0.2, 0.25) is 10.0 Å². The predicted octanol–water partition coefficient (Wildman–Crippen LogP) is 2.41. The number of nitrogens with two attached hydrogens (primary N) is 1. The van der Waals surface area contributed by atoms with E-state index in [2.05, 4.69) is 0 Å². The van der Waals surface area contributed by atoms with Crippen LogP contribution in [-0.2, 0) is 20.1 Å². The van der Waals surface area contributed by atoms with Gasteiger partial charge in [0, 0.05) is 0 Å². The van der Waals surface area contributed by atoms with Crippen molar-refractivity contribution in [1.82, 2.24) is 0 Å². The summed E-state index contributed by atoms with van der Waals surface area (Å²) in [7, 11) is -8.57. The number of para-hydroxylation sites is 1. The summed E-state index contributed by atoms with van der Waals surface area (Å²) in [6.07, 6.45) is 0. The third-order valence-electron chi connectivity index (χ3n) is 2.51. The van der Waals surface area contributed by atoms with Crippen molar-refractivity contribution >= 4 is 43.3 Å². The van der Waals surface area contributed by atoms with Crippen LogP contribution in [0.25, 0.3) is 0 Å². The van der Waals surface area contributed by atoms with Crippen molar-refractivity contribution in [3.63, 3.8) is 0 Å². The zero-order chi connectivity index (χ0) is 16.5. The molecule has 0 heterocycles. The fourth-order valence-electron chi connectivity index (χ4n) is 1.57. The van der Waals surface area contributed by atoms with Crippen molar-refractivity contribution in [3.8, 4) is 5.75 Å². The highest BCUT2D eigenvalue weighted by molar-refractivity contribution is 7.89. The van der Waals surface area contributed by atoms with Gasteiger partial charge in [0.2, 0.25) is 10.0 Å². The van der Waals surface area contributed by atoms with Crippen LogP contribution >= 0.6 is 23.2 Å². The van der Waals surface area contributed by atoms with Gasteiger partial charge in [-0.2, -0.15) is 8.42 Å². The molecule has 0 aliphatic rings. The molecule has 10 heteroatoms. The molecular formula is C12H9Cl2NO5S2. The fraction of sp³-hybridized carbons (Fsp3) is 0. The third kappa shape index (κ3) is 3.71. The summed E-state index contributed by atoms with van der Waals surface area (Å²) in [5, 5.41) is 4.41. The molecule has 0 atom stereocenters. The zero-order valence-electron chi connectivity index (χ0n) is 10.7. The van der Waals surface area contributed by atoms with E-state index in [1.165, 1.54) is 12.1 Å². The molecular weight excluding hydrogens is 373 g/mol. The molecule has 2 aromatic carbocycles. The first-order valence-corrected chi connectivity index (χ1v) is 9.34. The Morgan fingerprint density at radius 2 is 1.41 bits per heavy atom. The average Bonchev–Trinajstić information content (AvgIpc) is 2.37. The topological polar surface area (TPSA) is 104 Å². The van der Waals surface area contributed by atoms with E-state index in [0.717, 1.165) is 12.1 Å². The maximum absolute atomic E-state index is 12.2. The van der Waals surface area contributed by atoms with Gasteiger partial charge in [-0.3, -0.25) is 0 Å². The fourth-order valence-corrected chi connectivity index (χ4v) is 4.26. The number of primary sulfonamides is 1. The van der Waals surface area contributed by atoms with Crippen LogP contribution in [0.15, 0.2) is 52.3 Å². The van der Waals surface area contributed by atoms with Gasteiger partial charge in [-0.15, -0.1) is 0 Å². The summed E-state index contributed by atoms with van der Waals surface area (Å²) in [4.78, 5) is -1.11. The van der Waals surface area contributed by atoms with Crippen molar-refractivity contribution in [1.29, 1.82) is 0 Å². The Kier molecular flexibility index (Phi) is 4.69. The van der Waals surface area contributed by atoms with Gasteiger partial charge in [0.25, 0.3) is 0 Å². The molecule has 2 rings (SSSR count). The van der Waals surface area contributed by atoms with Crippen molar-refractivity contribution in [2.75, 3.05) is 0 Å². The quantitative estimate of drug-likeness (QED) is 0.818. The van der Waals surface area contributed by atoms with Gasteiger partial charge < -0.3 is 4.18 Å². The highest BCUT2D eigenvalue weighted by atomic mass is 35.5. The van der Waals surface area contributed by atoms with Gasteiger partial charge in [0.15, 0.2) is 0 Å². The molecule has 0 spiro atoms. The summed E-state index contributed by atoms with van der Waals surface area (Å²) in [5.41, 5.74) is 0. The normalized spacial score (nSPS) is 12.1. The lowest BCUT2D eigenvalue weighted by Crippen LogP contribution is -2.16.